The maximum Gasteiger partial charge on any atom is 0.120 e. The van der Waals surface area contributed by atoms with Gasteiger partial charge in [0.15, 0.2) is 0 Å². The Labute approximate surface area is 117 Å². The number of benzene rings is 2. The maximum atomic E-state index is 5.84. The first-order chi connectivity index (χ1) is 9.28. The normalized spacial score (nSPS) is 10.6. The molecule has 2 rings (SSSR count). The van der Waals surface area contributed by atoms with Gasteiger partial charge in [0.1, 0.15) is 12.4 Å². The molecule has 0 aromatic heterocycles. The van der Waals surface area contributed by atoms with Gasteiger partial charge in [-0.3, -0.25) is 0 Å². The molecule has 0 saturated heterocycles. The predicted octanol–water partition coefficient (Wildman–Crippen LogP) is 3.47. The highest BCUT2D eigenvalue weighted by Crippen LogP contribution is 2.15. The van der Waals surface area contributed by atoms with Crippen LogP contribution in [-0.4, -0.2) is 13.3 Å². The fourth-order valence-corrected chi connectivity index (χ4v) is 1.70. The van der Waals surface area contributed by atoms with Crippen LogP contribution in [-0.2, 0) is 6.61 Å². The summed E-state index contributed by atoms with van der Waals surface area (Å²) in [7, 11) is 1.76. The third kappa shape index (κ3) is 4.30. The van der Waals surface area contributed by atoms with E-state index in [1.54, 1.807) is 13.3 Å². The topological polar surface area (TPSA) is 33.6 Å². The molecule has 2 aromatic rings. The number of hydrogen-bond acceptors (Lipinski definition) is 3. The van der Waals surface area contributed by atoms with Crippen LogP contribution in [0.15, 0.2) is 53.6 Å². The molecule has 0 amide bonds. The summed E-state index contributed by atoms with van der Waals surface area (Å²) in [6, 6.07) is 15.4. The molecule has 1 N–H and O–H groups in total. The molecule has 0 unspecified atom stereocenters. The third-order valence-electron chi connectivity index (χ3n) is 2.52. The predicted molar refractivity (Wildman–Crippen MR) is 78.9 cm³/mol. The summed E-state index contributed by atoms with van der Waals surface area (Å²) < 4.78 is 5.73. The fraction of sp³-hybridized carbons (Fsp3) is 0.133. The molecule has 0 aliphatic carbocycles. The summed E-state index contributed by atoms with van der Waals surface area (Å²) in [5, 5.41) is 4.70. The van der Waals surface area contributed by atoms with Gasteiger partial charge in [0.25, 0.3) is 0 Å². The van der Waals surface area contributed by atoms with Gasteiger partial charge in [-0.1, -0.05) is 35.9 Å². The Morgan fingerprint density at radius 1 is 1.21 bits per heavy atom. The number of halogens is 1. The average Bonchev–Trinajstić information content (AvgIpc) is 2.45. The first-order valence-corrected chi connectivity index (χ1v) is 6.33. The minimum atomic E-state index is 0.518. The van der Waals surface area contributed by atoms with Crippen LogP contribution in [0.4, 0.5) is 0 Å². The van der Waals surface area contributed by atoms with Crippen molar-refractivity contribution in [3.8, 4) is 5.75 Å². The van der Waals surface area contributed by atoms with Crippen molar-refractivity contribution >= 4 is 17.8 Å². The van der Waals surface area contributed by atoms with Crippen molar-refractivity contribution in [1.29, 1.82) is 0 Å². The van der Waals surface area contributed by atoms with Gasteiger partial charge in [0, 0.05) is 12.1 Å². The van der Waals surface area contributed by atoms with Gasteiger partial charge in [-0.15, -0.1) is 0 Å². The lowest BCUT2D eigenvalue weighted by molar-refractivity contribution is 0.306. The molecule has 0 bridgehead atoms. The molecular formula is C15H15ClN2O. The lowest BCUT2D eigenvalue weighted by Gasteiger charge is -2.07. The Morgan fingerprint density at radius 2 is 2.00 bits per heavy atom. The highest BCUT2D eigenvalue weighted by atomic mass is 35.5. The molecule has 0 aliphatic rings. The van der Waals surface area contributed by atoms with Gasteiger partial charge < -0.3 is 10.2 Å². The summed E-state index contributed by atoms with van der Waals surface area (Å²) in [5.41, 5.74) is 4.79. The van der Waals surface area contributed by atoms with Crippen LogP contribution in [0, 0.1) is 0 Å². The Bertz CT molecular complexity index is 552. The molecular weight excluding hydrogens is 260 g/mol. The molecule has 98 valence electrons. The van der Waals surface area contributed by atoms with Crippen LogP contribution in [0.2, 0.25) is 5.02 Å². The standard InChI is InChI=1S/C15H15ClN2O/c1-17-18-10-13-3-2-4-15(9-13)19-11-12-5-7-14(16)8-6-12/h2-10,17H,11H2,1H3/b18-10+. The van der Waals surface area contributed by atoms with Crippen molar-refractivity contribution in [2.45, 2.75) is 6.61 Å². The number of nitrogens with zero attached hydrogens (tertiary/aromatic N) is 1. The number of rotatable bonds is 5. The van der Waals surface area contributed by atoms with E-state index in [1.165, 1.54) is 0 Å². The number of hydrazone groups is 1. The molecule has 19 heavy (non-hydrogen) atoms. The van der Waals surface area contributed by atoms with Crippen molar-refractivity contribution in [2.75, 3.05) is 7.05 Å². The van der Waals surface area contributed by atoms with Crippen LogP contribution in [0.3, 0.4) is 0 Å². The smallest absolute Gasteiger partial charge is 0.120 e. The second kappa shape index (κ2) is 6.81. The minimum Gasteiger partial charge on any atom is -0.489 e. The Kier molecular flexibility index (Phi) is 4.81. The summed E-state index contributed by atoms with van der Waals surface area (Å²) in [6.07, 6.45) is 1.75. The number of hydrogen-bond donors (Lipinski definition) is 1. The number of nitrogens with one attached hydrogen (secondary N) is 1. The molecule has 0 atom stereocenters. The molecule has 0 saturated carbocycles. The van der Waals surface area contributed by atoms with Gasteiger partial charge in [-0.05, 0) is 35.4 Å². The van der Waals surface area contributed by atoms with Crippen molar-refractivity contribution in [2.24, 2.45) is 5.10 Å². The van der Waals surface area contributed by atoms with Gasteiger partial charge in [-0.25, -0.2) is 0 Å². The van der Waals surface area contributed by atoms with E-state index in [0.29, 0.717) is 6.61 Å². The zero-order chi connectivity index (χ0) is 13.5. The molecule has 2 aromatic carbocycles. The van der Waals surface area contributed by atoms with Gasteiger partial charge in [0.2, 0.25) is 0 Å². The lowest BCUT2D eigenvalue weighted by atomic mass is 10.2. The molecule has 0 heterocycles. The molecule has 0 aliphatic heterocycles. The second-order valence-corrected chi connectivity index (χ2v) is 4.41. The van der Waals surface area contributed by atoms with Crippen molar-refractivity contribution in [3.05, 3.63) is 64.7 Å². The van der Waals surface area contributed by atoms with E-state index in [4.69, 9.17) is 16.3 Å². The van der Waals surface area contributed by atoms with Crippen molar-refractivity contribution in [1.82, 2.24) is 5.43 Å². The zero-order valence-electron chi connectivity index (χ0n) is 10.6. The molecule has 0 fully saturated rings. The van der Waals surface area contributed by atoms with Gasteiger partial charge in [-0.2, -0.15) is 5.10 Å². The first-order valence-electron chi connectivity index (χ1n) is 5.95. The molecule has 0 spiro atoms. The van der Waals surface area contributed by atoms with E-state index >= 15 is 0 Å². The van der Waals surface area contributed by atoms with Gasteiger partial charge in [0.05, 0.1) is 6.21 Å². The largest absolute Gasteiger partial charge is 0.489 e. The van der Waals surface area contributed by atoms with Crippen LogP contribution >= 0.6 is 11.6 Å². The van der Waals surface area contributed by atoms with E-state index in [1.807, 2.05) is 48.5 Å². The zero-order valence-corrected chi connectivity index (χ0v) is 11.4. The SMILES string of the molecule is CN/N=C/c1cccc(OCc2ccc(Cl)cc2)c1. The molecule has 3 nitrogen and oxygen atoms in total. The van der Waals surface area contributed by atoms with Crippen molar-refractivity contribution in [3.63, 3.8) is 0 Å². The Hall–Kier alpha value is -2.00. The summed E-state index contributed by atoms with van der Waals surface area (Å²) in [5.74, 6) is 0.815. The van der Waals surface area contributed by atoms with Crippen LogP contribution in [0.25, 0.3) is 0 Å². The number of ether oxygens (including phenoxy) is 1. The fourth-order valence-electron chi connectivity index (χ4n) is 1.57. The third-order valence-corrected chi connectivity index (χ3v) is 2.77. The highest BCUT2D eigenvalue weighted by molar-refractivity contribution is 6.30. The van der Waals surface area contributed by atoms with E-state index in [9.17, 15) is 0 Å². The van der Waals surface area contributed by atoms with E-state index in [-0.39, 0.29) is 0 Å². The van der Waals surface area contributed by atoms with E-state index in [0.717, 1.165) is 21.9 Å². The van der Waals surface area contributed by atoms with Gasteiger partial charge >= 0.3 is 0 Å². The van der Waals surface area contributed by atoms with Crippen molar-refractivity contribution < 1.29 is 4.74 Å². The van der Waals surface area contributed by atoms with E-state index in [2.05, 4.69) is 10.5 Å². The maximum absolute atomic E-state index is 5.84. The molecule has 4 heteroatoms. The summed E-state index contributed by atoms with van der Waals surface area (Å²) in [4.78, 5) is 0. The van der Waals surface area contributed by atoms with Crippen LogP contribution in [0.5, 0.6) is 5.75 Å². The Balaban J connectivity index is 1.99. The molecule has 0 radical (unpaired) electrons. The summed E-state index contributed by atoms with van der Waals surface area (Å²) >= 11 is 5.84. The average molecular weight is 275 g/mol. The highest BCUT2D eigenvalue weighted by Gasteiger charge is 1.97. The first kappa shape index (κ1) is 13.4. The van der Waals surface area contributed by atoms with Crippen LogP contribution < -0.4 is 10.2 Å². The van der Waals surface area contributed by atoms with E-state index < -0.39 is 0 Å². The quantitative estimate of drug-likeness (QED) is 0.669. The second-order valence-electron chi connectivity index (χ2n) is 3.97. The van der Waals surface area contributed by atoms with Crippen LogP contribution in [0.1, 0.15) is 11.1 Å². The monoisotopic (exact) mass is 274 g/mol. The lowest BCUT2D eigenvalue weighted by Crippen LogP contribution is -1.97. The summed E-state index contributed by atoms with van der Waals surface area (Å²) in [6.45, 7) is 0.518. The minimum absolute atomic E-state index is 0.518. The Morgan fingerprint density at radius 3 is 2.74 bits per heavy atom.